The maximum Gasteiger partial charge on any atom is 0.501 e. The van der Waals surface area contributed by atoms with Crippen molar-refractivity contribution >= 4 is 8.80 Å². The number of fused-ring (bicyclic) bond motifs is 1. The molecule has 1 aromatic carbocycles. The summed E-state index contributed by atoms with van der Waals surface area (Å²) in [4.78, 5) is 0. The topological polar surface area (TPSA) is 46.2 Å². The minimum Gasteiger partial charge on any atom is -0.461 e. The first kappa shape index (κ1) is 26.1. The van der Waals surface area contributed by atoms with Crippen LogP contribution in [-0.2, 0) is 31.0 Å². The summed E-state index contributed by atoms with van der Waals surface area (Å²) in [7, 11) is -2.64. The van der Waals surface area contributed by atoms with Crippen LogP contribution in [0.3, 0.4) is 0 Å². The lowest BCUT2D eigenvalue weighted by atomic mass is 9.72. The molecule has 0 radical (unpaired) electrons. The Morgan fingerprint density at radius 2 is 1.38 bits per heavy atom. The number of aryl methyl sites for hydroxylation is 1. The van der Waals surface area contributed by atoms with Crippen molar-refractivity contribution in [2.45, 2.75) is 110 Å². The molecule has 0 bridgehead atoms. The molecule has 34 heavy (non-hydrogen) atoms. The van der Waals surface area contributed by atoms with E-state index in [4.69, 9.17) is 22.8 Å². The first-order valence-corrected chi connectivity index (χ1v) is 15.9. The lowest BCUT2D eigenvalue weighted by Crippen LogP contribution is -2.55. The van der Waals surface area contributed by atoms with Crippen LogP contribution in [0, 0.1) is 11.8 Å². The summed E-state index contributed by atoms with van der Waals surface area (Å²) in [5, 5.41) is 0. The van der Waals surface area contributed by atoms with Gasteiger partial charge in [-0.3, -0.25) is 0 Å². The van der Waals surface area contributed by atoms with E-state index >= 15 is 0 Å². The van der Waals surface area contributed by atoms with Gasteiger partial charge in [0.15, 0.2) is 0 Å². The van der Waals surface area contributed by atoms with Gasteiger partial charge in [-0.05, 0) is 70.6 Å². The van der Waals surface area contributed by atoms with Crippen molar-refractivity contribution < 1.29 is 22.8 Å². The van der Waals surface area contributed by atoms with Crippen LogP contribution < -0.4 is 4.74 Å². The van der Waals surface area contributed by atoms with E-state index in [0.29, 0.717) is 38.3 Å². The van der Waals surface area contributed by atoms with Crippen LogP contribution in [0.5, 0.6) is 5.75 Å². The van der Waals surface area contributed by atoms with Crippen LogP contribution in [-0.4, -0.2) is 34.4 Å². The molecule has 5 nitrogen and oxygen atoms in total. The van der Waals surface area contributed by atoms with Crippen molar-refractivity contribution in [1.29, 1.82) is 0 Å². The fraction of sp³-hybridized carbons (Fsp3) is 0.786. The molecule has 2 saturated carbocycles. The van der Waals surface area contributed by atoms with Crippen LogP contribution in [0.4, 0.5) is 0 Å². The van der Waals surface area contributed by atoms with E-state index in [1.807, 2.05) is 20.8 Å². The van der Waals surface area contributed by atoms with Gasteiger partial charge in [-0.2, -0.15) is 0 Å². The highest BCUT2D eigenvalue weighted by atomic mass is 28.4. The van der Waals surface area contributed by atoms with Crippen LogP contribution in [0.25, 0.3) is 0 Å². The first-order valence-electron chi connectivity index (χ1n) is 14.0. The van der Waals surface area contributed by atoms with E-state index in [-0.39, 0.29) is 0 Å². The van der Waals surface area contributed by atoms with E-state index < -0.39 is 14.6 Å². The second kappa shape index (κ2) is 12.4. The van der Waals surface area contributed by atoms with Gasteiger partial charge in [-0.15, -0.1) is 0 Å². The Labute approximate surface area is 208 Å². The first-order chi connectivity index (χ1) is 16.6. The Balaban J connectivity index is 1.50. The van der Waals surface area contributed by atoms with Gasteiger partial charge < -0.3 is 22.8 Å². The molecule has 0 aromatic heterocycles. The fourth-order valence-electron chi connectivity index (χ4n) is 6.44. The maximum absolute atomic E-state index is 6.93. The van der Waals surface area contributed by atoms with Crippen molar-refractivity contribution in [1.82, 2.24) is 0 Å². The molecule has 0 saturated heterocycles. The lowest BCUT2D eigenvalue weighted by molar-refractivity contribution is -0.278. The molecule has 1 aliphatic heterocycles. The minimum absolute atomic E-state index is 0.420. The molecule has 2 fully saturated rings. The van der Waals surface area contributed by atoms with Gasteiger partial charge in [0.1, 0.15) is 5.75 Å². The predicted octanol–water partition coefficient (Wildman–Crippen LogP) is 7.04. The Morgan fingerprint density at radius 1 is 0.824 bits per heavy atom. The molecule has 3 aliphatic rings. The van der Waals surface area contributed by atoms with Crippen molar-refractivity contribution in [2.24, 2.45) is 11.8 Å². The van der Waals surface area contributed by atoms with Crippen LogP contribution >= 0.6 is 0 Å². The van der Waals surface area contributed by atoms with E-state index in [1.165, 1.54) is 75.3 Å². The zero-order valence-corrected chi connectivity index (χ0v) is 22.7. The summed E-state index contributed by atoms with van der Waals surface area (Å²) < 4.78 is 31.9. The highest BCUT2D eigenvalue weighted by Gasteiger charge is 2.51. The van der Waals surface area contributed by atoms with Gasteiger partial charge in [0.2, 0.25) is 5.79 Å². The number of hydrogen-bond acceptors (Lipinski definition) is 5. The summed E-state index contributed by atoms with van der Waals surface area (Å²) >= 11 is 0. The molecule has 0 spiro atoms. The van der Waals surface area contributed by atoms with E-state index in [1.54, 1.807) is 0 Å². The summed E-state index contributed by atoms with van der Waals surface area (Å²) in [6, 6.07) is 7.47. The van der Waals surface area contributed by atoms with Crippen molar-refractivity contribution in [3.05, 3.63) is 29.3 Å². The summed E-state index contributed by atoms with van der Waals surface area (Å²) in [6.07, 6.45) is 13.8. The molecule has 0 amide bonds. The second-order valence-electron chi connectivity index (χ2n) is 10.2. The lowest BCUT2D eigenvalue weighted by Gasteiger charge is -2.50. The van der Waals surface area contributed by atoms with Crippen LogP contribution in [0.2, 0.25) is 6.04 Å². The van der Waals surface area contributed by atoms with Gasteiger partial charge >= 0.3 is 8.80 Å². The molecular formula is C28H46O5Si. The zero-order valence-electron chi connectivity index (χ0n) is 21.7. The highest BCUT2D eigenvalue weighted by molar-refractivity contribution is 6.60. The van der Waals surface area contributed by atoms with E-state index in [0.717, 1.165) is 18.2 Å². The third-order valence-corrected chi connectivity index (χ3v) is 11.1. The Bertz CT molecular complexity index is 722. The van der Waals surface area contributed by atoms with Crippen molar-refractivity contribution in [3.8, 4) is 5.75 Å². The number of benzene rings is 1. The molecule has 192 valence electrons. The molecule has 2 aliphatic carbocycles. The van der Waals surface area contributed by atoms with Gasteiger partial charge in [0.25, 0.3) is 0 Å². The van der Waals surface area contributed by atoms with E-state index in [9.17, 15) is 0 Å². The third-order valence-electron chi connectivity index (χ3n) is 8.01. The fourth-order valence-corrected chi connectivity index (χ4v) is 9.03. The number of ether oxygens (including phenoxy) is 2. The molecular weight excluding hydrogens is 444 g/mol. The van der Waals surface area contributed by atoms with Gasteiger partial charge in [-0.25, -0.2) is 0 Å². The van der Waals surface area contributed by atoms with Gasteiger partial charge in [-0.1, -0.05) is 44.6 Å². The van der Waals surface area contributed by atoms with Gasteiger partial charge in [0.05, 0.1) is 6.61 Å². The summed E-state index contributed by atoms with van der Waals surface area (Å²) in [6.45, 7) is 8.53. The second-order valence-corrected chi connectivity index (χ2v) is 12.9. The van der Waals surface area contributed by atoms with Crippen molar-refractivity contribution in [3.63, 3.8) is 0 Å². The SMILES string of the molecule is CCO[Si](CCc1ccc2c(c1)COC(C1CCCCC1)(C1CCCCC1)O2)(OCC)OCC. The quantitative estimate of drug-likeness (QED) is 0.311. The smallest absolute Gasteiger partial charge is 0.461 e. The third kappa shape index (κ3) is 5.89. The average Bonchev–Trinajstić information content (AvgIpc) is 2.88. The Hall–Kier alpha value is -0.923. The van der Waals surface area contributed by atoms with E-state index in [2.05, 4.69) is 18.2 Å². The number of hydrogen-bond donors (Lipinski definition) is 0. The molecule has 0 atom stereocenters. The largest absolute Gasteiger partial charge is 0.501 e. The molecule has 1 heterocycles. The molecule has 4 rings (SSSR count). The number of rotatable bonds is 11. The minimum atomic E-state index is -2.64. The monoisotopic (exact) mass is 490 g/mol. The predicted molar refractivity (Wildman–Crippen MR) is 137 cm³/mol. The molecule has 1 aromatic rings. The Morgan fingerprint density at radius 3 is 1.91 bits per heavy atom. The summed E-state index contributed by atoms with van der Waals surface area (Å²) in [5.74, 6) is 1.66. The standard InChI is InChI=1S/C28H46O5Si/c1-4-30-34(31-5-2,32-6-3)20-19-23-17-18-27-24(21-23)22-29-28(33-27,25-13-9-7-10-14-25)26-15-11-8-12-16-26/h17-18,21,25-26H,4-16,19-20,22H2,1-3H3. The van der Waals surface area contributed by atoms with Crippen molar-refractivity contribution in [2.75, 3.05) is 19.8 Å². The van der Waals surface area contributed by atoms with Gasteiger partial charge in [0, 0.05) is 43.3 Å². The summed E-state index contributed by atoms with van der Waals surface area (Å²) in [5.41, 5.74) is 2.45. The van der Waals surface area contributed by atoms with Crippen LogP contribution in [0.1, 0.15) is 96.1 Å². The average molecular weight is 491 g/mol. The highest BCUT2D eigenvalue weighted by Crippen LogP contribution is 2.49. The molecule has 0 unspecified atom stereocenters. The zero-order chi connectivity index (χ0) is 23.9. The van der Waals surface area contributed by atoms with Crippen LogP contribution in [0.15, 0.2) is 18.2 Å². The molecule has 6 heteroatoms. The Kier molecular flexibility index (Phi) is 9.50. The molecule has 0 N–H and O–H groups in total. The maximum atomic E-state index is 6.93. The normalized spacial score (nSPS) is 21.7.